The molecule has 0 saturated heterocycles. The number of nitrogens with zero attached hydrogens (tertiary/aromatic N) is 1. The quantitative estimate of drug-likeness (QED) is 0.511. The Morgan fingerprint density at radius 1 is 0.655 bits per heavy atom. The van der Waals surface area contributed by atoms with Crippen LogP contribution in [-0.2, 0) is 0 Å². The summed E-state index contributed by atoms with van der Waals surface area (Å²) in [6.45, 7) is 2.32. The van der Waals surface area contributed by atoms with Crippen LogP contribution in [-0.4, -0.2) is 4.98 Å². The van der Waals surface area contributed by atoms with Gasteiger partial charge in [0, 0.05) is 11.8 Å². The first-order valence-electron chi connectivity index (χ1n) is 12.4. The van der Waals surface area contributed by atoms with Gasteiger partial charge in [0.15, 0.2) is 0 Å². The molecule has 1 nitrogen and oxygen atoms in total. The van der Waals surface area contributed by atoms with Crippen LogP contribution in [0.5, 0.6) is 0 Å². The van der Waals surface area contributed by atoms with Crippen LogP contribution >= 0.6 is 0 Å². The van der Waals surface area contributed by atoms with Crippen LogP contribution in [0.4, 0.5) is 0 Å². The summed E-state index contributed by atoms with van der Waals surface area (Å²) in [6, 6.07) is 11.5. The fraction of sp³-hybridized carbons (Fsp3) is 0.607. The second kappa shape index (κ2) is 10.4. The van der Waals surface area contributed by atoms with Crippen LogP contribution in [0, 0.1) is 6.92 Å². The molecule has 0 bridgehead atoms. The van der Waals surface area contributed by atoms with Gasteiger partial charge in [-0.25, -0.2) is 0 Å². The Kier molecular flexibility index (Phi) is 7.41. The van der Waals surface area contributed by atoms with E-state index >= 15 is 0 Å². The molecule has 0 aliphatic heterocycles. The van der Waals surface area contributed by atoms with Crippen molar-refractivity contribution in [2.75, 3.05) is 0 Å². The maximum absolute atomic E-state index is 4.87. The van der Waals surface area contributed by atoms with E-state index in [4.69, 9.17) is 4.98 Å². The van der Waals surface area contributed by atoms with Crippen molar-refractivity contribution in [1.29, 1.82) is 0 Å². The molecule has 2 aliphatic rings. The van der Waals surface area contributed by atoms with Crippen molar-refractivity contribution in [2.24, 2.45) is 0 Å². The molecule has 1 heterocycles. The Morgan fingerprint density at radius 2 is 1.14 bits per heavy atom. The Bertz CT molecular complexity index is 704. The molecular weight excluding hydrogens is 350 g/mol. The third kappa shape index (κ3) is 5.30. The molecule has 2 aromatic rings. The van der Waals surface area contributed by atoms with Gasteiger partial charge >= 0.3 is 0 Å². The minimum atomic E-state index is 0.708. The third-order valence-electron chi connectivity index (χ3n) is 7.35. The number of aromatic nitrogens is 1. The average molecular weight is 390 g/mol. The summed E-state index contributed by atoms with van der Waals surface area (Å²) < 4.78 is 0. The number of aryl methyl sites for hydroxylation is 1. The molecule has 0 N–H and O–H groups in total. The fourth-order valence-electron chi connectivity index (χ4n) is 5.83. The van der Waals surface area contributed by atoms with Crippen molar-refractivity contribution < 1.29 is 0 Å². The lowest BCUT2D eigenvalue weighted by atomic mass is 9.76. The maximum Gasteiger partial charge on any atom is 0.0707 e. The highest BCUT2D eigenvalue weighted by Crippen LogP contribution is 2.43. The molecule has 29 heavy (non-hydrogen) atoms. The maximum atomic E-state index is 4.87. The van der Waals surface area contributed by atoms with Crippen LogP contribution in [0.15, 0.2) is 36.5 Å². The Labute approximate surface area is 178 Å². The van der Waals surface area contributed by atoms with Gasteiger partial charge in [0.2, 0.25) is 0 Å². The molecule has 0 spiro atoms. The number of rotatable bonds is 3. The number of pyridine rings is 1. The lowest BCUT2D eigenvalue weighted by Crippen LogP contribution is -2.11. The Morgan fingerprint density at radius 3 is 1.59 bits per heavy atom. The molecule has 1 heteroatoms. The van der Waals surface area contributed by atoms with Gasteiger partial charge in [0.1, 0.15) is 0 Å². The average Bonchev–Trinajstić information content (AvgIpc) is 2.68. The van der Waals surface area contributed by atoms with Crippen molar-refractivity contribution in [3.63, 3.8) is 0 Å². The molecule has 2 saturated carbocycles. The van der Waals surface area contributed by atoms with Crippen LogP contribution in [0.1, 0.15) is 118 Å². The van der Waals surface area contributed by atoms with Crippen molar-refractivity contribution in [1.82, 2.24) is 4.98 Å². The summed E-state index contributed by atoms with van der Waals surface area (Å²) in [4.78, 5) is 4.87. The molecule has 0 unspecified atom stereocenters. The first-order chi connectivity index (χ1) is 14.3. The van der Waals surface area contributed by atoms with Crippen molar-refractivity contribution in [3.8, 4) is 11.3 Å². The summed E-state index contributed by atoms with van der Waals surface area (Å²) in [7, 11) is 0. The smallest absolute Gasteiger partial charge is 0.0707 e. The standard InChI is InChI=1S/C28H39N/c1-22-20-25(23-14-8-4-2-5-9-15-23)28(27-18-12-13-19-29-27)26(21-22)24-16-10-6-3-7-11-17-24/h12-13,18-21,23-24H,2-11,14-17H2,1H3. The van der Waals surface area contributed by atoms with E-state index in [1.165, 1.54) is 107 Å². The van der Waals surface area contributed by atoms with E-state index in [2.05, 4.69) is 37.3 Å². The van der Waals surface area contributed by atoms with E-state index in [1.807, 2.05) is 6.20 Å². The highest BCUT2D eigenvalue weighted by atomic mass is 14.7. The summed E-state index contributed by atoms with van der Waals surface area (Å²) in [5, 5.41) is 0. The van der Waals surface area contributed by atoms with Crippen molar-refractivity contribution >= 4 is 0 Å². The first-order valence-corrected chi connectivity index (χ1v) is 12.4. The first kappa shape index (κ1) is 20.6. The second-order valence-corrected chi connectivity index (χ2v) is 9.62. The van der Waals surface area contributed by atoms with Crippen LogP contribution < -0.4 is 0 Å². The topological polar surface area (TPSA) is 12.9 Å². The van der Waals surface area contributed by atoms with E-state index < -0.39 is 0 Å². The molecule has 1 aromatic carbocycles. The molecule has 2 aliphatic carbocycles. The normalized spacial score (nSPS) is 20.4. The predicted octanol–water partition coefficient (Wildman–Crippen LogP) is 8.71. The monoisotopic (exact) mass is 389 g/mol. The minimum absolute atomic E-state index is 0.708. The summed E-state index contributed by atoms with van der Waals surface area (Å²) >= 11 is 0. The van der Waals surface area contributed by atoms with Crippen molar-refractivity contribution in [2.45, 2.75) is 109 Å². The number of benzene rings is 1. The van der Waals surface area contributed by atoms with Gasteiger partial charge in [-0.2, -0.15) is 0 Å². The number of hydrogen-bond donors (Lipinski definition) is 0. The molecule has 0 atom stereocenters. The van der Waals surface area contributed by atoms with Gasteiger partial charge in [-0.1, -0.05) is 88.0 Å². The summed E-state index contributed by atoms with van der Waals surface area (Å²) in [5.74, 6) is 1.42. The van der Waals surface area contributed by atoms with Crippen LogP contribution in [0.25, 0.3) is 11.3 Å². The molecule has 4 rings (SSSR count). The largest absolute Gasteiger partial charge is 0.256 e. The van der Waals surface area contributed by atoms with Gasteiger partial charge in [-0.15, -0.1) is 0 Å². The SMILES string of the molecule is Cc1cc(C2CCCCCCC2)c(-c2ccccn2)c(C2CCCCCCC2)c1. The highest BCUT2D eigenvalue weighted by Gasteiger charge is 2.25. The zero-order valence-corrected chi connectivity index (χ0v) is 18.5. The second-order valence-electron chi connectivity index (χ2n) is 9.62. The van der Waals surface area contributed by atoms with E-state index in [0.717, 1.165) is 0 Å². The Hall–Kier alpha value is -1.63. The third-order valence-corrected chi connectivity index (χ3v) is 7.35. The van der Waals surface area contributed by atoms with Gasteiger partial charge in [-0.3, -0.25) is 4.98 Å². The zero-order chi connectivity index (χ0) is 19.9. The predicted molar refractivity (Wildman–Crippen MR) is 125 cm³/mol. The van der Waals surface area contributed by atoms with Gasteiger partial charge in [0.05, 0.1) is 5.69 Å². The number of hydrogen-bond acceptors (Lipinski definition) is 1. The Balaban J connectivity index is 1.80. The molecular formula is C28H39N. The molecule has 2 fully saturated rings. The lowest BCUT2D eigenvalue weighted by Gasteiger charge is -2.29. The molecule has 0 radical (unpaired) electrons. The lowest BCUT2D eigenvalue weighted by molar-refractivity contribution is 0.449. The van der Waals surface area contributed by atoms with Gasteiger partial charge < -0.3 is 0 Å². The van der Waals surface area contributed by atoms with E-state index in [9.17, 15) is 0 Å². The van der Waals surface area contributed by atoms with Crippen molar-refractivity contribution in [3.05, 3.63) is 53.2 Å². The van der Waals surface area contributed by atoms with E-state index in [0.29, 0.717) is 11.8 Å². The molecule has 156 valence electrons. The summed E-state index contributed by atoms with van der Waals surface area (Å²) in [5.41, 5.74) is 7.40. The van der Waals surface area contributed by atoms with E-state index in [-0.39, 0.29) is 0 Å². The fourth-order valence-corrected chi connectivity index (χ4v) is 5.83. The van der Waals surface area contributed by atoms with Gasteiger partial charge in [0.25, 0.3) is 0 Å². The zero-order valence-electron chi connectivity index (χ0n) is 18.5. The minimum Gasteiger partial charge on any atom is -0.256 e. The summed E-state index contributed by atoms with van der Waals surface area (Å²) in [6.07, 6.45) is 21.5. The highest BCUT2D eigenvalue weighted by molar-refractivity contribution is 5.70. The molecule has 0 amide bonds. The molecule has 1 aromatic heterocycles. The van der Waals surface area contributed by atoms with Crippen LogP contribution in [0.2, 0.25) is 0 Å². The van der Waals surface area contributed by atoms with Crippen LogP contribution in [0.3, 0.4) is 0 Å². The van der Waals surface area contributed by atoms with E-state index in [1.54, 1.807) is 11.1 Å². The van der Waals surface area contributed by atoms with Gasteiger partial charge in [-0.05, 0) is 67.7 Å².